The molecule has 0 spiro atoms. The van der Waals surface area contributed by atoms with Crippen molar-refractivity contribution in [1.29, 1.82) is 0 Å². The summed E-state index contributed by atoms with van der Waals surface area (Å²) in [5.41, 5.74) is 0. The summed E-state index contributed by atoms with van der Waals surface area (Å²) < 4.78 is 14.8. The summed E-state index contributed by atoms with van der Waals surface area (Å²) in [5.74, 6) is 0. The monoisotopic (exact) mass is 307 g/mol. The lowest BCUT2D eigenvalue weighted by Gasteiger charge is -2.01. The van der Waals surface area contributed by atoms with Crippen molar-refractivity contribution in [3.05, 3.63) is 0 Å². The molecule has 0 aromatic heterocycles. The fourth-order valence-electron chi connectivity index (χ4n) is 2.09. The minimum atomic E-state index is -2.39. The Kier molecular flexibility index (Phi) is 23.8. The molecule has 0 bridgehead atoms. The molecule has 0 amide bonds. The summed E-state index contributed by atoms with van der Waals surface area (Å²) in [6.45, 7) is 6.67. The molecule has 0 fully saturated rings. The average molecular weight is 307 g/mol. The van der Waals surface area contributed by atoms with Gasteiger partial charge in [-0.15, -0.1) is 9.42 Å². The summed E-state index contributed by atoms with van der Waals surface area (Å²) in [4.78, 5) is 8.42. The normalized spacial score (nSPS) is 10.9. The standard InChI is InChI=1S/C14H29O3P.C2H6/c1-2-3-4-5-6-7-8-9-10-11-12-13-14-17-18(15)16;1-2/h2-14H2,1H3;1-2H3/p+1. The van der Waals surface area contributed by atoms with Crippen LogP contribution in [0.5, 0.6) is 0 Å². The number of hydrogen-bond acceptors (Lipinski definition) is 2. The molecule has 1 atom stereocenters. The van der Waals surface area contributed by atoms with Gasteiger partial charge in [0.15, 0.2) is 0 Å². The first kappa shape index (κ1) is 22.3. The highest BCUT2D eigenvalue weighted by molar-refractivity contribution is 7.32. The van der Waals surface area contributed by atoms with Gasteiger partial charge in [-0.25, -0.2) is 0 Å². The third-order valence-corrected chi connectivity index (χ3v) is 3.60. The molecule has 0 saturated carbocycles. The maximum Gasteiger partial charge on any atom is 0.694 e. The van der Waals surface area contributed by atoms with Crippen molar-refractivity contribution >= 4 is 8.25 Å². The second-order valence-electron chi connectivity index (χ2n) is 4.96. The van der Waals surface area contributed by atoms with Gasteiger partial charge in [-0.2, -0.15) is 0 Å². The quantitative estimate of drug-likeness (QED) is 0.299. The molecule has 0 aromatic rings. The maximum atomic E-state index is 10.2. The Hall–Kier alpha value is 0.0200. The summed E-state index contributed by atoms with van der Waals surface area (Å²) in [6, 6.07) is 0. The lowest BCUT2D eigenvalue weighted by Crippen LogP contribution is -1.87. The molecule has 0 aliphatic heterocycles. The highest BCUT2D eigenvalue weighted by atomic mass is 31.1. The molecule has 0 aliphatic rings. The van der Waals surface area contributed by atoms with E-state index in [0.29, 0.717) is 6.61 Å². The van der Waals surface area contributed by atoms with E-state index in [-0.39, 0.29) is 0 Å². The molecule has 1 unspecified atom stereocenters. The van der Waals surface area contributed by atoms with E-state index in [0.717, 1.165) is 12.8 Å². The van der Waals surface area contributed by atoms with Gasteiger partial charge in [0.25, 0.3) is 0 Å². The molecular formula is C16H36O3P+. The Morgan fingerprint density at radius 1 is 0.750 bits per heavy atom. The summed E-state index contributed by atoms with van der Waals surface area (Å²) in [7, 11) is -2.39. The van der Waals surface area contributed by atoms with Crippen LogP contribution in [0.25, 0.3) is 0 Å². The van der Waals surface area contributed by atoms with Crippen LogP contribution in [0.3, 0.4) is 0 Å². The van der Waals surface area contributed by atoms with E-state index in [2.05, 4.69) is 11.4 Å². The molecule has 122 valence electrons. The van der Waals surface area contributed by atoms with Crippen LogP contribution in [0, 0.1) is 0 Å². The number of hydrogen-bond donors (Lipinski definition) is 1. The van der Waals surface area contributed by atoms with Crippen LogP contribution < -0.4 is 0 Å². The van der Waals surface area contributed by atoms with E-state index in [9.17, 15) is 4.57 Å². The molecule has 0 radical (unpaired) electrons. The molecule has 4 heteroatoms. The van der Waals surface area contributed by atoms with Gasteiger partial charge in [-0.3, -0.25) is 0 Å². The fourth-order valence-corrected chi connectivity index (χ4v) is 2.37. The van der Waals surface area contributed by atoms with Gasteiger partial charge in [-0.05, 0) is 6.42 Å². The Labute approximate surface area is 127 Å². The van der Waals surface area contributed by atoms with Gasteiger partial charge in [0.2, 0.25) is 0 Å². The zero-order valence-electron chi connectivity index (χ0n) is 13.9. The van der Waals surface area contributed by atoms with Crippen molar-refractivity contribution < 1.29 is 14.0 Å². The Morgan fingerprint density at radius 2 is 1.10 bits per heavy atom. The van der Waals surface area contributed by atoms with Crippen molar-refractivity contribution in [1.82, 2.24) is 0 Å². The van der Waals surface area contributed by atoms with Gasteiger partial charge >= 0.3 is 8.25 Å². The van der Waals surface area contributed by atoms with Gasteiger partial charge in [0, 0.05) is 4.57 Å². The second kappa shape index (κ2) is 21.3. The zero-order valence-corrected chi connectivity index (χ0v) is 14.8. The molecule has 20 heavy (non-hydrogen) atoms. The first-order valence-electron chi connectivity index (χ1n) is 8.56. The maximum absolute atomic E-state index is 10.2. The smallest absolute Gasteiger partial charge is 0.133 e. The Morgan fingerprint density at radius 3 is 1.45 bits per heavy atom. The van der Waals surface area contributed by atoms with E-state index in [4.69, 9.17) is 4.89 Å². The fraction of sp³-hybridized carbons (Fsp3) is 1.00. The van der Waals surface area contributed by atoms with Crippen molar-refractivity contribution in [3.63, 3.8) is 0 Å². The van der Waals surface area contributed by atoms with Gasteiger partial charge in [-0.1, -0.05) is 91.4 Å². The number of rotatable bonds is 14. The molecule has 3 nitrogen and oxygen atoms in total. The van der Waals surface area contributed by atoms with E-state index in [1.807, 2.05) is 13.8 Å². The predicted octanol–water partition coefficient (Wildman–Crippen LogP) is 6.38. The van der Waals surface area contributed by atoms with Crippen LogP contribution in [0.2, 0.25) is 0 Å². The van der Waals surface area contributed by atoms with Crippen LogP contribution in [0.1, 0.15) is 97.8 Å². The van der Waals surface area contributed by atoms with E-state index in [1.54, 1.807) is 0 Å². The van der Waals surface area contributed by atoms with Crippen LogP contribution in [-0.2, 0) is 9.09 Å². The highest BCUT2D eigenvalue weighted by Crippen LogP contribution is 2.16. The zero-order chi connectivity index (χ0) is 15.5. The van der Waals surface area contributed by atoms with Crippen molar-refractivity contribution in [2.75, 3.05) is 6.61 Å². The van der Waals surface area contributed by atoms with Crippen LogP contribution in [0.15, 0.2) is 0 Å². The minimum Gasteiger partial charge on any atom is -0.133 e. The molecule has 0 aromatic carbocycles. The first-order chi connectivity index (χ1) is 9.77. The van der Waals surface area contributed by atoms with E-state index >= 15 is 0 Å². The Balaban J connectivity index is 0. The average Bonchev–Trinajstić information content (AvgIpc) is 2.46. The van der Waals surface area contributed by atoms with Crippen molar-refractivity contribution in [2.24, 2.45) is 0 Å². The van der Waals surface area contributed by atoms with Gasteiger partial charge in [0.1, 0.15) is 6.61 Å². The molecule has 0 heterocycles. The summed E-state index contributed by atoms with van der Waals surface area (Å²) >= 11 is 0. The SMILES string of the molecule is CC.CCCCCCCCCCCCCCO[P+](=O)O. The highest BCUT2D eigenvalue weighted by Gasteiger charge is 2.09. The largest absolute Gasteiger partial charge is 0.694 e. The summed E-state index contributed by atoms with van der Waals surface area (Å²) in [5, 5.41) is 0. The van der Waals surface area contributed by atoms with Crippen molar-refractivity contribution in [2.45, 2.75) is 97.8 Å². The lowest BCUT2D eigenvalue weighted by molar-refractivity contribution is 0.273. The molecule has 0 aliphatic carbocycles. The first-order valence-corrected chi connectivity index (χ1v) is 9.69. The number of unbranched alkanes of at least 4 members (excludes halogenated alkanes) is 11. The van der Waals surface area contributed by atoms with Gasteiger partial charge in [0.05, 0.1) is 0 Å². The molecule has 0 saturated heterocycles. The second-order valence-corrected chi connectivity index (χ2v) is 5.69. The molecule has 0 rings (SSSR count). The third-order valence-electron chi connectivity index (χ3n) is 3.20. The topological polar surface area (TPSA) is 46.5 Å². The van der Waals surface area contributed by atoms with Crippen LogP contribution in [0.4, 0.5) is 0 Å². The van der Waals surface area contributed by atoms with Gasteiger partial charge < -0.3 is 0 Å². The van der Waals surface area contributed by atoms with E-state index < -0.39 is 8.25 Å². The lowest BCUT2D eigenvalue weighted by atomic mass is 10.1. The van der Waals surface area contributed by atoms with Crippen LogP contribution in [-0.4, -0.2) is 11.5 Å². The Bertz CT molecular complexity index is 187. The molecular weight excluding hydrogens is 271 g/mol. The molecule has 1 N–H and O–H groups in total. The summed E-state index contributed by atoms with van der Waals surface area (Å²) in [6.07, 6.45) is 15.5. The van der Waals surface area contributed by atoms with Crippen molar-refractivity contribution in [3.8, 4) is 0 Å². The van der Waals surface area contributed by atoms with Crippen LogP contribution >= 0.6 is 8.25 Å². The predicted molar refractivity (Wildman–Crippen MR) is 88.2 cm³/mol. The third kappa shape index (κ3) is 23.1. The minimum absolute atomic E-state index is 0.420. The van der Waals surface area contributed by atoms with E-state index in [1.165, 1.54) is 64.2 Å².